The molecule has 0 bridgehead atoms. The van der Waals surface area contributed by atoms with Crippen LogP contribution >= 0.6 is 0 Å². The number of rotatable bonds is 6. The van der Waals surface area contributed by atoms with Gasteiger partial charge in [-0.15, -0.1) is 0 Å². The van der Waals surface area contributed by atoms with Gasteiger partial charge < -0.3 is 15.8 Å². The van der Waals surface area contributed by atoms with E-state index in [-0.39, 0.29) is 17.4 Å². The van der Waals surface area contributed by atoms with Crippen LogP contribution in [0.1, 0.15) is 6.92 Å². The van der Waals surface area contributed by atoms with Crippen LogP contribution in [-0.2, 0) is 4.74 Å². The Morgan fingerprint density at radius 3 is 2.94 bits per heavy atom. The zero-order chi connectivity index (χ0) is 12.8. The van der Waals surface area contributed by atoms with Crippen LogP contribution in [0.3, 0.4) is 0 Å². The van der Waals surface area contributed by atoms with Gasteiger partial charge in [0, 0.05) is 13.7 Å². The number of hydrogen-bond donors (Lipinski definition) is 2. The number of pyridine rings is 1. The van der Waals surface area contributed by atoms with Crippen molar-refractivity contribution < 1.29 is 9.66 Å². The van der Waals surface area contributed by atoms with E-state index in [0.29, 0.717) is 19.0 Å². The normalized spacial score (nSPS) is 12.1. The van der Waals surface area contributed by atoms with Gasteiger partial charge in [0.2, 0.25) is 0 Å². The van der Waals surface area contributed by atoms with E-state index >= 15 is 0 Å². The third-order valence-electron chi connectivity index (χ3n) is 2.12. The van der Waals surface area contributed by atoms with Gasteiger partial charge >= 0.3 is 0 Å². The Hall–Kier alpha value is -1.89. The second kappa shape index (κ2) is 6.00. The summed E-state index contributed by atoms with van der Waals surface area (Å²) >= 11 is 0. The lowest BCUT2D eigenvalue weighted by molar-refractivity contribution is -0.384. The van der Waals surface area contributed by atoms with Crippen LogP contribution < -0.4 is 11.1 Å². The molecule has 0 aliphatic carbocycles. The minimum absolute atomic E-state index is 0.0700. The summed E-state index contributed by atoms with van der Waals surface area (Å²) < 4.78 is 4.98. The molecule has 0 saturated heterocycles. The summed E-state index contributed by atoms with van der Waals surface area (Å²) in [6.45, 7) is 3.22. The summed E-state index contributed by atoms with van der Waals surface area (Å²) in [5.74, 6) is 0.808. The highest BCUT2D eigenvalue weighted by atomic mass is 16.6. The molecule has 0 aromatic carbocycles. The SMILES string of the molecule is COCC(C)CNc1cc([N+](=O)[O-])cc(N)n1. The predicted octanol–water partition coefficient (Wildman–Crippen LogP) is 1.27. The lowest BCUT2D eigenvalue weighted by Gasteiger charge is -2.11. The van der Waals surface area contributed by atoms with Crippen LogP contribution in [0.4, 0.5) is 17.3 Å². The van der Waals surface area contributed by atoms with Crippen LogP contribution in [0.25, 0.3) is 0 Å². The predicted molar refractivity (Wildman–Crippen MR) is 64.8 cm³/mol. The van der Waals surface area contributed by atoms with Gasteiger partial charge in [0.1, 0.15) is 11.6 Å². The first-order chi connectivity index (χ1) is 8.02. The van der Waals surface area contributed by atoms with Crippen LogP contribution in [0.5, 0.6) is 0 Å². The number of ether oxygens (including phenoxy) is 1. The molecule has 0 saturated carbocycles. The first-order valence-electron chi connectivity index (χ1n) is 5.17. The number of aromatic nitrogens is 1. The zero-order valence-electron chi connectivity index (χ0n) is 9.84. The largest absolute Gasteiger partial charge is 0.384 e. The number of hydrogen-bond acceptors (Lipinski definition) is 6. The molecular formula is C10H16N4O3. The fourth-order valence-corrected chi connectivity index (χ4v) is 1.36. The highest BCUT2D eigenvalue weighted by Crippen LogP contribution is 2.18. The minimum Gasteiger partial charge on any atom is -0.384 e. The first-order valence-corrected chi connectivity index (χ1v) is 5.17. The van der Waals surface area contributed by atoms with Crippen molar-refractivity contribution >= 4 is 17.3 Å². The fourth-order valence-electron chi connectivity index (χ4n) is 1.36. The van der Waals surface area contributed by atoms with Gasteiger partial charge in [0.15, 0.2) is 0 Å². The van der Waals surface area contributed by atoms with E-state index in [1.54, 1.807) is 7.11 Å². The van der Waals surface area contributed by atoms with Crippen LogP contribution in [0.2, 0.25) is 0 Å². The van der Waals surface area contributed by atoms with E-state index in [0.717, 1.165) is 0 Å². The molecular weight excluding hydrogens is 224 g/mol. The fraction of sp³-hybridized carbons (Fsp3) is 0.500. The number of nitro groups is 1. The molecule has 0 spiro atoms. The van der Waals surface area contributed by atoms with E-state index in [9.17, 15) is 10.1 Å². The standard InChI is InChI=1S/C10H16N4O3/c1-7(6-17-2)5-12-10-4-8(14(15)16)3-9(11)13-10/h3-4,7H,5-6H2,1-2H3,(H3,11,12,13). The van der Waals surface area contributed by atoms with Gasteiger partial charge in [-0.1, -0.05) is 6.92 Å². The monoisotopic (exact) mass is 240 g/mol. The highest BCUT2D eigenvalue weighted by Gasteiger charge is 2.10. The molecule has 1 atom stereocenters. The van der Waals surface area contributed by atoms with Crippen LogP contribution in [0.15, 0.2) is 12.1 Å². The Bertz CT molecular complexity index is 397. The summed E-state index contributed by atoms with van der Waals surface area (Å²) in [5, 5.41) is 13.6. The second-order valence-corrected chi connectivity index (χ2v) is 3.83. The van der Waals surface area contributed by atoms with E-state index in [4.69, 9.17) is 10.5 Å². The average Bonchev–Trinajstić information content (AvgIpc) is 2.26. The number of nitrogens with two attached hydrogens (primary N) is 1. The molecule has 7 nitrogen and oxygen atoms in total. The van der Waals surface area contributed by atoms with Gasteiger partial charge in [-0.25, -0.2) is 4.98 Å². The van der Waals surface area contributed by atoms with Crippen LogP contribution in [-0.4, -0.2) is 30.2 Å². The highest BCUT2D eigenvalue weighted by molar-refractivity contribution is 5.52. The Labute approximate surface area is 99.1 Å². The van der Waals surface area contributed by atoms with Gasteiger partial charge in [-0.3, -0.25) is 10.1 Å². The molecule has 7 heteroatoms. The van der Waals surface area contributed by atoms with E-state index in [1.165, 1.54) is 12.1 Å². The van der Waals surface area contributed by atoms with Crippen molar-refractivity contribution in [2.45, 2.75) is 6.92 Å². The Morgan fingerprint density at radius 2 is 2.35 bits per heavy atom. The topological polar surface area (TPSA) is 103 Å². The number of nitrogen functional groups attached to an aromatic ring is 1. The van der Waals surface area contributed by atoms with Crippen molar-refractivity contribution in [3.8, 4) is 0 Å². The van der Waals surface area contributed by atoms with Crippen molar-refractivity contribution in [1.29, 1.82) is 0 Å². The first kappa shape index (κ1) is 13.2. The van der Waals surface area contributed by atoms with Crippen LogP contribution in [0, 0.1) is 16.0 Å². The molecule has 1 unspecified atom stereocenters. The summed E-state index contributed by atoms with van der Waals surface area (Å²) in [5.41, 5.74) is 5.41. The van der Waals surface area contributed by atoms with E-state index in [2.05, 4.69) is 10.3 Å². The van der Waals surface area contributed by atoms with Crippen molar-refractivity contribution in [2.75, 3.05) is 31.3 Å². The smallest absolute Gasteiger partial charge is 0.276 e. The van der Waals surface area contributed by atoms with Crippen molar-refractivity contribution in [1.82, 2.24) is 4.98 Å². The summed E-state index contributed by atoms with van der Waals surface area (Å²) in [7, 11) is 1.63. The molecule has 0 amide bonds. The Kier molecular flexibility index (Phi) is 4.65. The van der Waals surface area contributed by atoms with Gasteiger partial charge in [0.25, 0.3) is 5.69 Å². The quantitative estimate of drug-likeness (QED) is 0.573. The lowest BCUT2D eigenvalue weighted by atomic mass is 10.2. The number of methoxy groups -OCH3 is 1. The van der Waals surface area contributed by atoms with Crippen molar-refractivity contribution in [3.05, 3.63) is 22.2 Å². The van der Waals surface area contributed by atoms with Gasteiger partial charge in [-0.05, 0) is 5.92 Å². The van der Waals surface area contributed by atoms with Gasteiger partial charge in [0.05, 0.1) is 23.7 Å². The Morgan fingerprint density at radius 1 is 1.65 bits per heavy atom. The molecule has 94 valence electrons. The van der Waals surface area contributed by atoms with Gasteiger partial charge in [-0.2, -0.15) is 0 Å². The molecule has 0 aliphatic rings. The van der Waals surface area contributed by atoms with E-state index < -0.39 is 4.92 Å². The number of anilines is 2. The molecule has 1 aromatic heterocycles. The molecule has 3 N–H and O–H groups in total. The zero-order valence-corrected chi connectivity index (χ0v) is 9.84. The third-order valence-corrected chi connectivity index (χ3v) is 2.12. The summed E-state index contributed by atoms with van der Waals surface area (Å²) in [4.78, 5) is 14.1. The maximum Gasteiger partial charge on any atom is 0.276 e. The molecule has 0 aliphatic heterocycles. The van der Waals surface area contributed by atoms with Crippen molar-refractivity contribution in [3.63, 3.8) is 0 Å². The molecule has 1 aromatic rings. The summed E-state index contributed by atoms with van der Waals surface area (Å²) in [6.07, 6.45) is 0. The molecule has 1 rings (SSSR count). The number of nitrogens with one attached hydrogen (secondary N) is 1. The Balaban J connectivity index is 2.68. The van der Waals surface area contributed by atoms with Crippen molar-refractivity contribution in [2.24, 2.45) is 5.92 Å². The molecule has 0 radical (unpaired) electrons. The lowest BCUT2D eigenvalue weighted by Crippen LogP contribution is -2.16. The summed E-state index contributed by atoms with van der Waals surface area (Å²) in [6, 6.07) is 2.58. The minimum atomic E-state index is -0.498. The number of nitrogens with zero attached hydrogens (tertiary/aromatic N) is 2. The maximum absolute atomic E-state index is 10.6. The van der Waals surface area contributed by atoms with E-state index in [1.807, 2.05) is 6.92 Å². The maximum atomic E-state index is 10.6. The third kappa shape index (κ3) is 4.23. The average molecular weight is 240 g/mol. The second-order valence-electron chi connectivity index (χ2n) is 3.83. The molecule has 17 heavy (non-hydrogen) atoms. The molecule has 1 heterocycles. The molecule has 0 fully saturated rings.